The molecule has 3 aliphatic rings. The Bertz CT molecular complexity index is 1630. The average Bonchev–Trinajstić information content (AvgIpc) is 3.44. The standard InChI is InChI=1S/C32H36ClN5O2/c1-3-21-8-9-23-18-27(26-11-10-22(19-28(26)33)29-20(2)34-14-15-35-29)32(39)38(25-6-4-5-7-25)31(23)37-30(21)36-24-12-16-40-17-13-24/h9-11,14-15,18-19,24-25,36H,3-8,12-13,16-17H2,1-2H3. The highest BCUT2D eigenvalue weighted by Crippen LogP contribution is 2.32. The first-order chi connectivity index (χ1) is 19.5. The molecular formula is C32H36ClN5O2. The van der Waals surface area contributed by atoms with Gasteiger partial charge in [0.1, 0.15) is 11.3 Å². The molecule has 40 heavy (non-hydrogen) atoms. The minimum atomic E-state index is -0.0292. The Morgan fingerprint density at radius 3 is 2.55 bits per heavy atom. The van der Waals surface area contributed by atoms with E-state index in [1.807, 2.05) is 35.8 Å². The van der Waals surface area contributed by atoms with Gasteiger partial charge >= 0.3 is 0 Å². The van der Waals surface area contributed by atoms with E-state index in [1.165, 1.54) is 5.57 Å². The lowest BCUT2D eigenvalue weighted by Gasteiger charge is -2.25. The summed E-state index contributed by atoms with van der Waals surface area (Å²) in [5.74, 6) is 0.921. The summed E-state index contributed by atoms with van der Waals surface area (Å²) in [6.45, 7) is 5.64. The summed E-state index contributed by atoms with van der Waals surface area (Å²) in [4.78, 5) is 28.4. The van der Waals surface area contributed by atoms with Crippen molar-refractivity contribution in [2.45, 2.75) is 77.3 Å². The molecule has 0 amide bonds. The van der Waals surface area contributed by atoms with Crippen LogP contribution in [0, 0.1) is 6.92 Å². The minimum Gasteiger partial charge on any atom is -0.381 e. The van der Waals surface area contributed by atoms with Gasteiger partial charge in [0, 0.05) is 64.6 Å². The Labute approximate surface area is 239 Å². The number of halogens is 1. The number of hydrogen-bond donors (Lipinski definition) is 1. The molecule has 0 atom stereocenters. The fourth-order valence-electron chi connectivity index (χ4n) is 6.18. The molecule has 2 fully saturated rings. The maximum Gasteiger partial charge on any atom is 0.260 e. The largest absolute Gasteiger partial charge is 0.381 e. The lowest BCUT2D eigenvalue weighted by Crippen LogP contribution is -2.46. The van der Waals surface area contributed by atoms with E-state index in [9.17, 15) is 4.79 Å². The van der Waals surface area contributed by atoms with E-state index in [0.717, 1.165) is 104 Å². The fraction of sp³-hybridized carbons (Fsp3) is 0.438. The molecule has 6 rings (SSSR count). The van der Waals surface area contributed by atoms with Crippen molar-refractivity contribution in [2.24, 2.45) is 4.99 Å². The van der Waals surface area contributed by atoms with E-state index in [4.69, 9.17) is 21.3 Å². The monoisotopic (exact) mass is 557 g/mol. The highest BCUT2D eigenvalue weighted by Gasteiger charge is 2.24. The maximum atomic E-state index is 14.3. The number of aryl methyl sites for hydroxylation is 1. The Morgan fingerprint density at radius 2 is 1.82 bits per heavy atom. The van der Waals surface area contributed by atoms with Crippen LogP contribution >= 0.6 is 11.6 Å². The van der Waals surface area contributed by atoms with Gasteiger partial charge in [0.15, 0.2) is 0 Å². The topological polar surface area (TPSA) is 81.4 Å². The third-order valence-electron chi connectivity index (χ3n) is 8.45. The first-order valence-electron chi connectivity index (χ1n) is 14.5. The van der Waals surface area contributed by atoms with Crippen molar-refractivity contribution >= 4 is 17.7 Å². The summed E-state index contributed by atoms with van der Waals surface area (Å²) >= 11 is 6.88. The quantitative estimate of drug-likeness (QED) is 0.448. The number of ether oxygens (including phenoxy) is 1. The smallest absolute Gasteiger partial charge is 0.260 e. The molecule has 4 heterocycles. The maximum absolute atomic E-state index is 14.3. The molecule has 7 nitrogen and oxygen atoms in total. The second-order valence-electron chi connectivity index (χ2n) is 11.0. The molecule has 0 unspecified atom stereocenters. The van der Waals surface area contributed by atoms with Gasteiger partial charge in [-0.15, -0.1) is 0 Å². The van der Waals surface area contributed by atoms with Gasteiger partial charge in [0.25, 0.3) is 5.56 Å². The number of fused-ring (bicyclic) bond motifs is 1. The zero-order chi connectivity index (χ0) is 27.6. The Kier molecular flexibility index (Phi) is 7.85. The van der Waals surface area contributed by atoms with Gasteiger partial charge in [-0.1, -0.05) is 49.6 Å². The zero-order valence-corrected chi connectivity index (χ0v) is 24.0. The average molecular weight is 558 g/mol. The number of nitrogens with zero attached hydrogens (tertiary/aromatic N) is 4. The predicted molar refractivity (Wildman–Crippen MR) is 159 cm³/mol. The van der Waals surface area contributed by atoms with E-state index in [2.05, 4.69) is 28.3 Å². The molecule has 208 valence electrons. The molecule has 2 aliphatic heterocycles. The van der Waals surface area contributed by atoms with Crippen molar-refractivity contribution < 1.29 is 4.74 Å². The summed E-state index contributed by atoms with van der Waals surface area (Å²) in [7, 11) is 0. The van der Waals surface area contributed by atoms with Gasteiger partial charge in [-0.2, -0.15) is 0 Å². The Balaban J connectivity index is 1.49. The molecule has 1 aromatic carbocycles. The predicted octanol–water partition coefficient (Wildman–Crippen LogP) is 5.24. The van der Waals surface area contributed by atoms with Crippen LogP contribution in [0.15, 0.2) is 57.8 Å². The van der Waals surface area contributed by atoms with E-state index in [-0.39, 0.29) is 11.6 Å². The summed E-state index contributed by atoms with van der Waals surface area (Å²) in [5.41, 5.74) is 5.84. The second kappa shape index (κ2) is 11.7. The van der Waals surface area contributed by atoms with Crippen LogP contribution in [0.1, 0.15) is 70.0 Å². The molecule has 0 bridgehead atoms. The first kappa shape index (κ1) is 26.9. The molecule has 0 spiro atoms. The molecule has 1 saturated carbocycles. The number of aromatic nitrogens is 3. The number of benzene rings is 1. The summed E-state index contributed by atoms with van der Waals surface area (Å²) in [6, 6.07) is 8.26. The van der Waals surface area contributed by atoms with Crippen LogP contribution in [0.5, 0.6) is 0 Å². The van der Waals surface area contributed by atoms with E-state index < -0.39 is 0 Å². The van der Waals surface area contributed by atoms with Crippen LogP contribution in [0.4, 0.5) is 0 Å². The summed E-state index contributed by atoms with van der Waals surface area (Å²) < 4.78 is 7.54. The van der Waals surface area contributed by atoms with Crippen LogP contribution in [-0.2, 0) is 4.74 Å². The fourth-order valence-corrected chi connectivity index (χ4v) is 6.46. The lowest BCUT2D eigenvalue weighted by atomic mass is 10.0. The molecule has 8 heteroatoms. The molecule has 0 radical (unpaired) electrons. The van der Waals surface area contributed by atoms with E-state index >= 15 is 0 Å². The van der Waals surface area contributed by atoms with Crippen LogP contribution in [0.25, 0.3) is 28.5 Å². The third kappa shape index (κ3) is 5.25. The van der Waals surface area contributed by atoms with Crippen molar-refractivity contribution in [2.75, 3.05) is 13.2 Å². The van der Waals surface area contributed by atoms with Gasteiger partial charge < -0.3 is 10.1 Å². The zero-order valence-electron chi connectivity index (χ0n) is 23.3. The number of nitrogens with one attached hydrogen (secondary N) is 1. The van der Waals surface area contributed by atoms with Gasteiger partial charge in [-0.3, -0.25) is 19.3 Å². The molecule has 1 aliphatic carbocycles. The molecule has 2 aromatic heterocycles. The van der Waals surface area contributed by atoms with Crippen molar-refractivity contribution in [3.05, 3.63) is 79.8 Å². The first-order valence-corrected chi connectivity index (χ1v) is 14.9. The number of rotatable bonds is 6. The van der Waals surface area contributed by atoms with Gasteiger partial charge in [-0.25, -0.2) is 4.99 Å². The van der Waals surface area contributed by atoms with Crippen LogP contribution in [0.3, 0.4) is 0 Å². The van der Waals surface area contributed by atoms with Crippen LogP contribution in [0.2, 0.25) is 5.02 Å². The molecule has 1 N–H and O–H groups in total. The second-order valence-corrected chi connectivity index (χ2v) is 11.4. The molecule has 1 saturated heterocycles. The number of pyridine rings is 1. The van der Waals surface area contributed by atoms with Crippen LogP contribution < -0.4 is 21.6 Å². The van der Waals surface area contributed by atoms with Crippen molar-refractivity contribution in [1.29, 1.82) is 0 Å². The highest BCUT2D eigenvalue weighted by atomic mass is 35.5. The summed E-state index contributed by atoms with van der Waals surface area (Å²) in [6.07, 6.45) is 13.4. The van der Waals surface area contributed by atoms with Gasteiger partial charge in [0.2, 0.25) is 0 Å². The Hall–Kier alpha value is -3.29. The van der Waals surface area contributed by atoms with Crippen molar-refractivity contribution in [3.63, 3.8) is 0 Å². The SMILES string of the molecule is CCC1=C(NC2CCOCC2)N=c2c(cc(-c3ccc(-c4nccnc4C)cc3Cl)c(=O)n2C2CCCC2)=CC1. The Morgan fingerprint density at radius 1 is 1.05 bits per heavy atom. The number of hydrogen-bond acceptors (Lipinski definition) is 6. The van der Waals surface area contributed by atoms with E-state index in [0.29, 0.717) is 16.6 Å². The normalized spacial score (nSPS) is 18.2. The highest BCUT2D eigenvalue weighted by molar-refractivity contribution is 6.33. The van der Waals surface area contributed by atoms with Crippen molar-refractivity contribution in [3.8, 4) is 22.4 Å². The number of allylic oxidation sites excluding steroid dienone is 1. The van der Waals surface area contributed by atoms with E-state index in [1.54, 1.807) is 12.4 Å². The van der Waals surface area contributed by atoms with Gasteiger partial charge in [-0.05, 0) is 63.2 Å². The van der Waals surface area contributed by atoms with Gasteiger partial charge in [0.05, 0.1) is 11.4 Å². The minimum absolute atomic E-state index is 0.0292. The van der Waals surface area contributed by atoms with Crippen LogP contribution in [-0.4, -0.2) is 33.8 Å². The molecule has 3 aromatic rings. The molecular weight excluding hydrogens is 522 g/mol. The van der Waals surface area contributed by atoms with Crippen molar-refractivity contribution in [1.82, 2.24) is 19.9 Å². The lowest BCUT2D eigenvalue weighted by molar-refractivity contribution is 0.0802. The third-order valence-corrected chi connectivity index (χ3v) is 8.76. The summed E-state index contributed by atoms with van der Waals surface area (Å²) in [5, 5.41) is 5.24.